The van der Waals surface area contributed by atoms with Crippen LogP contribution in [0.25, 0.3) is 12.2 Å². The first-order chi connectivity index (χ1) is 12.4. The van der Waals surface area contributed by atoms with E-state index in [1.54, 1.807) is 36.4 Å². The topological polar surface area (TPSA) is 63.6 Å². The molecule has 0 heterocycles. The molecule has 2 rings (SSSR count). The molecule has 0 unspecified atom stereocenters. The lowest BCUT2D eigenvalue weighted by molar-refractivity contribution is -0.121. The van der Waals surface area contributed by atoms with Crippen molar-refractivity contribution in [3.05, 3.63) is 69.7 Å². The average Bonchev–Trinajstić information content (AvgIpc) is 2.57. The third kappa shape index (κ3) is 6.06. The highest BCUT2D eigenvalue weighted by molar-refractivity contribution is 6.34. The molecule has 0 bridgehead atoms. The van der Waals surface area contributed by atoms with Gasteiger partial charge in [0.25, 0.3) is 0 Å². The van der Waals surface area contributed by atoms with E-state index < -0.39 is 0 Å². The normalized spacial score (nSPS) is 11.2. The Hall–Kier alpha value is -2.56. The van der Waals surface area contributed by atoms with Crippen molar-refractivity contribution in [1.29, 1.82) is 0 Å². The van der Waals surface area contributed by atoms with Crippen LogP contribution >= 0.6 is 23.2 Å². The molecule has 6 heteroatoms. The van der Waals surface area contributed by atoms with Crippen molar-refractivity contribution >= 4 is 46.9 Å². The van der Waals surface area contributed by atoms with Crippen LogP contribution in [0.4, 0.5) is 0 Å². The second kappa shape index (κ2) is 9.22. The summed E-state index contributed by atoms with van der Waals surface area (Å²) < 4.78 is 4.95. The summed E-state index contributed by atoms with van der Waals surface area (Å²) in [5.41, 5.74) is 1.29. The molecule has 0 aromatic heterocycles. The fourth-order valence-corrected chi connectivity index (χ4v) is 2.69. The van der Waals surface area contributed by atoms with Crippen LogP contribution in [0.2, 0.25) is 10.0 Å². The zero-order valence-corrected chi connectivity index (χ0v) is 15.4. The van der Waals surface area contributed by atoms with Crippen LogP contribution in [0.1, 0.15) is 17.5 Å². The van der Waals surface area contributed by atoms with E-state index in [0.29, 0.717) is 26.9 Å². The number of hydrogen-bond donors (Lipinski definition) is 1. The van der Waals surface area contributed by atoms with E-state index >= 15 is 0 Å². The second-order valence-electron chi connectivity index (χ2n) is 5.41. The summed E-state index contributed by atoms with van der Waals surface area (Å²) in [6.45, 7) is 0. The molecule has 4 nitrogen and oxygen atoms in total. The lowest BCUT2D eigenvalue weighted by Crippen LogP contribution is -2.01. The van der Waals surface area contributed by atoms with Crippen molar-refractivity contribution in [3.63, 3.8) is 0 Å². The van der Waals surface area contributed by atoms with Crippen molar-refractivity contribution in [2.75, 3.05) is 7.11 Å². The second-order valence-corrected chi connectivity index (χ2v) is 6.28. The predicted octanol–water partition coefficient (Wildman–Crippen LogP) is 4.96. The molecule has 1 N–H and O–H groups in total. The lowest BCUT2D eigenvalue weighted by atomic mass is 10.1. The van der Waals surface area contributed by atoms with Crippen LogP contribution in [0.15, 0.2) is 48.6 Å². The van der Waals surface area contributed by atoms with E-state index in [1.165, 1.54) is 31.4 Å². The van der Waals surface area contributed by atoms with E-state index in [0.717, 1.165) is 0 Å². The Balaban J connectivity index is 1.95. The van der Waals surface area contributed by atoms with Crippen molar-refractivity contribution in [2.24, 2.45) is 0 Å². The molecule has 2 aromatic carbocycles. The number of allylic oxidation sites excluding steroid dienone is 2. The van der Waals surface area contributed by atoms with Crippen LogP contribution < -0.4 is 4.74 Å². The van der Waals surface area contributed by atoms with Gasteiger partial charge in [0.05, 0.1) is 13.5 Å². The van der Waals surface area contributed by atoms with Gasteiger partial charge < -0.3 is 9.84 Å². The minimum atomic E-state index is -0.348. The number of phenolic OH excluding ortho intramolecular Hbond substituents is 1. The van der Waals surface area contributed by atoms with E-state index in [1.807, 2.05) is 0 Å². The van der Waals surface area contributed by atoms with Gasteiger partial charge in [0, 0.05) is 10.0 Å². The first-order valence-electron chi connectivity index (χ1n) is 7.62. The zero-order valence-electron chi connectivity index (χ0n) is 13.9. The first-order valence-corrected chi connectivity index (χ1v) is 8.38. The maximum atomic E-state index is 11.9. The van der Waals surface area contributed by atoms with Gasteiger partial charge in [-0.05, 0) is 53.6 Å². The van der Waals surface area contributed by atoms with Crippen molar-refractivity contribution in [1.82, 2.24) is 0 Å². The molecule has 0 radical (unpaired) electrons. The molecule has 0 atom stereocenters. The highest BCUT2D eigenvalue weighted by Gasteiger charge is 2.05. The number of carbonyl (C=O) groups is 2. The van der Waals surface area contributed by atoms with Gasteiger partial charge in [-0.2, -0.15) is 0 Å². The number of aromatic hydroxyl groups is 1. The number of rotatable bonds is 7. The van der Waals surface area contributed by atoms with Crippen LogP contribution in [-0.2, 0) is 9.59 Å². The summed E-state index contributed by atoms with van der Waals surface area (Å²) in [6.07, 6.45) is 5.42. The molecule has 0 saturated heterocycles. The van der Waals surface area contributed by atoms with Gasteiger partial charge in [-0.1, -0.05) is 41.4 Å². The van der Waals surface area contributed by atoms with E-state index in [2.05, 4.69) is 0 Å². The Labute approximate surface area is 161 Å². The molecule has 0 amide bonds. The number of benzene rings is 2. The number of phenols is 1. The summed E-state index contributed by atoms with van der Waals surface area (Å²) in [5, 5.41) is 10.6. The average molecular weight is 391 g/mol. The standard InChI is InChI=1S/C20H16Cl2O4/c1-26-20-7-4-13(10-19(20)25)2-5-17(23)12-18(24)6-3-14-8-15(21)11-16(22)9-14/h2-11,25H,12H2,1H3/b5-2+,6-3+. The molecule has 0 aliphatic carbocycles. The predicted molar refractivity (Wildman–Crippen MR) is 104 cm³/mol. The smallest absolute Gasteiger partial charge is 0.163 e. The summed E-state index contributed by atoms with van der Waals surface area (Å²) in [7, 11) is 1.45. The Morgan fingerprint density at radius 2 is 1.54 bits per heavy atom. The van der Waals surface area contributed by atoms with E-state index in [9.17, 15) is 14.7 Å². The Morgan fingerprint density at radius 1 is 0.962 bits per heavy atom. The molecular formula is C20H16Cl2O4. The van der Waals surface area contributed by atoms with Gasteiger partial charge in [0.2, 0.25) is 0 Å². The highest BCUT2D eigenvalue weighted by atomic mass is 35.5. The van der Waals surface area contributed by atoms with Crippen LogP contribution in [0.3, 0.4) is 0 Å². The molecule has 0 saturated carbocycles. The van der Waals surface area contributed by atoms with Crippen molar-refractivity contribution in [2.45, 2.75) is 6.42 Å². The van der Waals surface area contributed by atoms with Gasteiger partial charge in [0.1, 0.15) is 0 Å². The van der Waals surface area contributed by atoms with Gasteiger partial charge in [-0.25, -0.2) is 0 Å². The van der Waals surface area contributed by atoms with Crippen LogP contribution in [-0.4, -0.2) is 23.8 Å². The van der Waals surface area contributed by atoms with Crippen LogP contribution in [0, 0.1) is 0 Å². The summed E-state index contributed by atoms with van der Waals surface area (Å²) in [6, 6.07) is 9.65. The van der Waals surface area contributed by atoms with Crippen molar-refractivity contribution < 1.29 is 19.4 Å². The summed E-state index contributed by atoms with van der Waals surface area (Å²) >= 11 is 11.8. The number of halogens is 2. The number of methoxy groups -OCH3 is 1. The molecule has 0 fully saturated rings. The molecule has 0 spiro atoms. The van der Waals surface area contributed by atoms with Gasteiger partial charge in [-0.15, -0.1) is 0 Å². The van der Waals surface area contributed by atoms with Gasteiger partial charge in [-0.3, -0.25) is 9.59 Å². The van der Waals surface area contributed by atoms with E-state index in [-0.39, 0.29) is 23.7 Å². The molecule has 26 heavy (non-hydrogen) atoms. The van der Waals surface area contributed by atoms with Gasteiger partial charge >= 0.3 is 0 Å². The third-order valence-corrected chi connectivity index (χ3v) is 3.80. The highest BCUT2D eigenvalue weighted by Crippen LogP contribution is 2.26. The Morgan fingerprint density at radius 3 is 2.08 bits per heavy atom. The number of carbonyl (C=O) groups excluding carboxylic acids is 2. The zero-order chi connectivity index (χ0) is 19.1. The van der Waals surface area contributed by atoms with Crippen LogP contribution in [0.5, 0.6) is 11.5 Å². The Kier molecular flexibility index (Phi) is 7.01. The number of ketones is 2. The number of hydrogen-bond acceptors (Lipinski definition) is 4. The maximum Gasteiger partial charge on any atom is 0.163 e. The maximum absolute atomic E-state index is 11.9. The quantitative estimate of drug-likeness (QED) is 0.535. The summed E-state index contributed by atoms with van der Waals surface area (Å²) in [5.74, 6) is -0.372. The SMILES string of the molecule is COc1ccc(/C=C/C(=O)CC(=O)/C=C/c2cc(Cl)cc(Cl)c2)cc1O. The molecule has 134 valence electrons. The lowest BCUT2D eigenvalue weighted by Gasteiger charge is -2.03. The largest absolute Gasteiger partial charge is 0.504 e. The molecular weight excluding hydrogens is 375 g/mol. The van der Waals surface area contributed by atoms with Crippen molar-refractivity contribution in [3.8, 4) is 11.5 Å². The molecule has 2 aromatic rings. The van der Waals surface area contributed by atoms with E-state index in [4.69, 9.17) is 27.9 Å². The third-order valence-electron chi connectivity index (χ3n) is 3.36. The first kappa shape index (κ1) is 19.8. The fourth-order valence-electron chi connectivity index (χ4n) is 2.15. The summed E-state index contributed by atoms with van der Waals surface area (Å²) in [4.78, 5) is 23.8. The molecule has 0 aliphatic heterocycles. The number of ether oxygens (including phenoxy) is 1. The van der Waals surface area contributed by atoms with Gasteiger partial charge in [0.15, 0.2) is 23.1 Å². The minimum absolute atomic E-state index is 0.0266. The fraction of sp³-hybridized carbons (Fsp3) is 0.100. The molecule has 0 aliphatic rings. The minimum Gasteiger partial charge on any atom is -0.504 e. The monoisotopic (exact) mass is 390 g/mol. The Bertz CT molecular complexity index is 865.